The molecule has 0 amide bonds. The molecule has 0 atom stereocenters. The molecule has 3 nitrogen and oxygen atoms in total. The maximum Gasteiger partial charge on any atom is 0.120 e. The van der Waals surface area contributed by atoms with Crippen LogP contribution in [0.2, 0.25) is 0 Å². The van der Waals surface area contributed by atoms with E-state index in [0.717, 1.165) is 34.6 Å². The van der Waals surface area contributed by atoms with Crippen LogP contribution in [0.3, 0.4) is 0 Å². The predicted molar refractivity (Wildman–Crippen MR) is 86.8 cm³/mol. The minimum absolute atomic E-state index is 0.652. The molecule has 0 aliphatic heterocycles. The Hall–Kier alpha value is -1.52. The Morgan fingerprint density at radius 2 is 1.95 bits per heavy atom. The number of rotatable bonds is 6. The smallest absolute Gasteiger partial charge is 0.120 e. The standard InChI is InChI=1S/C16H19BrN2O/c1-19(12-13-5-2-3-8-16(13)18)9-10-20-15-7-4-6-14(17)11-15/h2-8,11H,9-10,12,18H2,1H3. The Kier molecular flexibility index (Phi) is 5.44. The van der Waals surface area contributed by atoms with Gasteiger partial charge in [0.2, 0.25) is 0 Å². The summed E-state index contributed by atoms with van der Waals surface area (Å²) in [4.78, 5) is 2.20. The summed E-state index contributed by atoms with van der Waals surface area (Å²) in [6, 6.07) is 15.8. The Labute approximate surface area is 128 Å². The largest absolute Gasteiger partial charge is 0.492 e. The molecule has 0 spiro atoms. The fraction of sp³-hybridized carbons (Fsp3) is 0.250. The van der Waals surface area contributed by atoms with Gasteiger partial charge in [0.05, 0.1) is 0 Å². The van der Waals surface area contributed by atoms with Crippen LogP contribution in [0.4, 0.5) is 5.69 Å². The van der Waals surface area contributed by atoms with Crippen LogP contribution < -0.4 is 10.5 Å². The van der Waals surface area contributed by atoms with Gasteiger partial charge in [-0.25, -0.2) is 0 Å². The van der Waals surface area contributed by atoms with Crippen molar-refractivity contribution in [3.63, 3.8) is 0 Å². The second-order valence-corrected chi connectivity index (χ2v) is 5.66. The predicted octanol–water partition coefficient (Wildman–Crippen LogP) is 3.54. The SMILES string of the molecule is CN(CCOc1cccc(Br)c1)Cc1ccccc1N. The number of ether oxygens (including phenoxy) is 1. The average Bonchev–Trinajstić information content (AvgIpc) is 2.41. The Bertz CT molecular complexity index is 560. The third-order valence-corrected chi connectivity index (χ3v) is 3.53. The number of benzene rings is 2. The van der Waals surface area contributed by atoms with Gasteiger partial charge in [-0.15, -0.1) is 0 Å². The highest BCUT2D eigenvalue weighted by Crippen LogP contribution is 2.17. The van der Waals surface area contributed by atoms with Crippen molar-refractivity contribution in [2.75, 3.05) is 25.9 Å². The van der Waals surface area contributed by atoms with Gasteiger partial charge in [-0.3, -0.25) is 4.90 Å². The van der Waals surface area contributed by atoms with Gasteiger partial charge in [0.25, 0.3) is 0 Å². The van der Waals surface area contributed by atoms with E-state index in [-0.39, 0.29) is 0 Å². The summed E-state index contributed by atoms with van der Waals surface area (Å²) in [5.74, 6) is 0.881. The molecule has 2 aromatic carbocycles. The lowest BCUT2D eigenvalue weighted by Crippen LogP contribution is -2.24. The van der Waals surface area contributed by atoms with Crippen molar-refractivity contribution in [3.05, 3.63) is 58.6 Å². The first-order valence-electron chi connectivity index (χ1n) is 6.55. The van der Waals surface area contributed by atoms with E-state index in [4.69, 9.17) is 10.5 Å². The molecule has 0 heterocycles. The van der Waals surface area contributed by atoms with Gasteiger partial charge in [-0.1, -0.05) is 40.2 Å². The van der Waals surface area contributed by atoms with Gasteiger partial charge in [0.1, 0.15) is 12.4 Å². The van der Waals surface area contributed by atoms with E-state index in [1.165, 1.54) is 0 Å². The quantitative estimate of drug-likeness (QED) is 0.821. The summed E-state index contributed by atoms with van der Waals surface area (Å²) in [7, 11) is 2.07. The molecule has 0 saturated heterocycles. The summed E-state index contributed by atoms with van der Waals surface area (Å²) in [6.07, 6.45) is 0. The molecule has 2 N–H and O–H groups in total. The van der Waals surface area contributed by atoms with Crippen LogP contribution in [0.5, 0.6) is 5.75 Å². The lowest BCUT2D eigenvalue weighted by atomic mass is 10.2. The highest BCUT2D eigenvalue weighted by Gasteiger charge is 2.03. The summed E-state index contributed by atoms with van der Waals surface area (Å²) in [5.41, 5.74) is 7.93. The first-order valence-corrected chi connectivity index (χ1v) is 7.35. The number of nitrogens with zero attached hydrogens (tertiary/aromatic N) is 1. The van der Waals surface area contributed by atoms with Crippen LogP contribution in [0.25, 0.3) is 0 Å². The highest BCUT2D eigenvalue weighted by atomic mass is 79.9. The zero-order valence-corrected chi connectivity index (χ0v) is 13.1. The molecule has 4 heteroatoms. The van der Waals surface area contributed by atoms with Crippen LogP contribution in [0.15, 0.2) is 53.0 Å². The number of hydrogen-bond acceptors (Lipinski definition) is 3. The molecule has 20 heavy (non-hydrogen) atoms. The molecular formula is C16H19BrN2O. The van der Waals surface area contributed by atoms with Gasteiger partial charge in [-0.05, 0) is 36.9 Å². The van der Waals surface area contributed by atoms with E-state index >= 15 is 0 Å². The minimum Gasteiger partial charge on any atom is -0.492 e. The fourth-order valence-corrected chi connectivity index (χ4v) is 2.30. The third-order valence-electron chi connectivity index (χ3n) is 3.03. The molecule has 2 rings (SSSR count). The van der Waals surface area contributed by atoms with Crippen LogP contribution in [-0.2, 0) is 6.54 Å². The van der Waals surface area contributed by atoms with Crippen LogP contribution >= 0.6 is 15.9 Å². The number of halogens is 1. The lowest BCUT2D eigenvalue weighted by Gasteiger charge is -2.18. The normalized spacial score (nSPS) is 10.8. The van der Waals surface area contributed by atoms with E-state index in [2.05, 4.69) is 33.9 Å². The van der Waals surface area contributed by atoms with Gasteiger partial charge < -0.3 is 10.5 Å². The van der Waals surface area contributed by atoms with Gasteiger partial charge in [-0.2, -0.15) is 0 Å². The first kappa shape index (κ1) is 14.9. The van der Waals surface area contributed by atoms with Crippen LogP contribution in [0.1, 0.15) is 5.56 Å². The van der Waals surface area contributed by atoms with Crippen molar-refractivity contribution in [1.82, 2.24) is 4.90 Å². The van der Waals surface area contributed by atoms with Crippen molar-refractivity contribution in [2.45, 2.75) is 6.54 Å². The molecule has 0 bridgehead atoms. The van der Waals surface area contributed by atoms with E-state index in [1.54, 1.807) is 0 Å². The summed E-state index contributed by atoms with van der Waals surface area (Å²) in [6.45, 7) is 2.33. The monoisotopic (exact) mass is 334 g/mol. The topological polar surface area (TPSA) is 38.5 Å². The number of nitrogen functional groups attached to an aromatic ring is 1. The number of hydrogen-bond donors (Lipinski definition) is 1. The van der Waals surface area contributed by atoms with Crippen LogP contribution in [-0.4, -0.2) is 25.1 Å². The van der Waals surface area contributed by atoms with Crippen molar-refractivity contribution in [2.24, 2.45) is 0 Å². The van der Waals surface area contributed by atoms with Crippen LogP contribution in [0, 0.1) is 0 Å². The Morgan fingerprint density at radius 3 is 2.70 bits per heavy atom. The molecule has 0 aliphatic carbocycles. The first-order chi connectivity index (χ1) is 9.65. The third kappa shape index (κ3) is 4.54. The van der Waals surface area contributed by atoms with E-state index in [1.807, 2.05) is 42.5 Å². The molecule has 106 valence electrons. The van der Waals surface area contributed by atoms with Gasteiger partial charge >= 0.3 is 0 Å². The number of likely N-dealkylation sites (N-methyl/N-ethyl adjacent to an activating group) is 1. The van der Waals surface area contributed by atoms with Crippen molar-refractivity contribution >= 4 is 21.6 Å². The fourth-order valence-electron chi connectivity index (χ4n) is 1.92. The van der Waals surface area contributed by atoms with Gasteiger partial charge in [0.15, 0.2) is 0 Å². The second kappa shape index (κ2) is 7.31. The Morgan fingerprint density at radius 1 is 1.15 bits per heavy atom. The summed E-state index contributed by atoms with van der Waals surface area (Å²) in [5, 5.41) is 0. The average molecular weight is 335 g/mol. The lowest BCUT2D eigenvalue weighted by molar-refractivity contribution is 0.233. The van der Waals surface area contributed by atoms with E-state index < -0.39 is 0 Å². The summed E-state index contributed by atoms with van der Waals surface area (Å²) < 4.78 is 6.75. The zero-order chi connectivity index (χ0) is 14.4. The second-order valence-electron chi connectivity index (χ2n) is 4.74. The molecular weight excluding hydrogens is 316 g/mol. The number of para-hydroxylation sites is 1. The van der Waals surface area contributed by atoms with Crippen molar-refractivity contribution < 1.29 is 4.74 Å². The molecule has 0 unspecified atom stereocenters. The zero-order valence-electron chi connectivity index (χ0n) is 11.6. The minimum atomic E-state index is 0.652. The van der Waals surface area contributed by atoms with Gasteiger partial charge in [0, 0.05) is 23.2 Å². The van der Waals surface area contributed by atoms with E-state index in [0.29, 0.717) is 6.61 Å². The molecule has 0 aliphatic rings. The maximum atomic E-state index is 5.94. The van der Waals surface area contributed by atoms with E-state index in [9.17, 15) is 0 Å². The van der Waals surface area contributed by atoms with Crippen molar-refractivity contribution in [1.29, 1.82) is 0 Å². The number of nitrogens with two attached hydrogens (primary N) is 1. The maximum absolute atomic E-state index is 5.94. The molecule has 0 aromatic heterocycles. The Balaban J connectivity index is 1.78. The number of anilines is 1. The molecule has 0 saturated carbocycles. The highest BCUT2D eigenvalue weighted by molar-refractivity contribution is 9.10. The molecule has 0 fully saturated rings. The summed E-state index contributed by atoms with van der Waals surface area (Å²) >= 11 is 3.43. The molecule has 2 aromatic rings. The van der Waals surface area contributed by atoms with Crippen molar-refractivity contribution in [3.8, 4) is 5.75 Å². The molecule has 0 radical (unpaired) electrons.